The smallest absolute Gasteiger partial charge is 0.322 e. The number of ether oxygens (including phenoxy) is 2. The number of nitrogens with zero attached hydrogens (tertiary/aromatic N) is 8. The van der Waals surface area contributed by atoms with Crippen LogP contribution in [0.2, 0.25) is 0 Å². The maximum absolute atomic E-state index is 12.4. The Kier molecular flexibility index (Phi) is 12.0. The zero-order chi connectivity index (χ0) is 36.6. The monoisotopic (exact) mass is 734 g/mol. The Morgan fingerprint density at radius 1 is 0.660 bits per heavy atom. The molecule has 0 unspecified atom stereocenters. The van der Waals surface area contributed by atoms with E-state index >= 15 is 0 Å². The van der Waals surface area contributed by atoms with Crippen molar-refractivity contribution in [2.75, 3.05) is 75.1 Å². The Labute approximate surface area is 287 Å². The molecule has 2 aromatic carbocycles. The number of aliphatic hydroxyl groups excluding tert-OH is 2. The van der Waals surface area contributed by atoms with Crippen molar-refractivity contribution >= 4 is 67.6 Å². The van der Waals surface area contributed by atoms with E-state index in [0.717, 1.165) is 12.1 Å². The molecule has 0 aliphatic carbocycles. The third-order valence-corrected chi connectivity index (χ3v) is 8.48. The van der Waals surface area contributed by atoms with Crippen molar-refractivity contribution in [2.45, 2.75) is 9.79 Å². The van der Waals surface area contributed by atoms with Crippen LogP contribution < -0.4 is 29.9 Å². The lowest BCUT2D eigenvalue weighted by Crippen LogP contribution is -2.24. The lowest BCUT2D eigenvalue weighted by molar-refractivity contribution is 0.303. The minimum atomic E-state index is -4.82. The minimum absolute atomic E-state index is 0.0308. The third kappa shape index (κ3) is 9.67. The number of hydrogen-bond acceptors (Lipinski definition) is 18. The Balaban J connectivity index is 1.67. The van der Waals surface area contributed by atoms with Crippen LogP contribution in [0.1, 0.15) is 11.1 Å². The van der Waals surface area contributed by atoms with Crippen LogP contribution in [0.5, 0.6) is 12.0 Å². The Morgan fingerprint density at radius 2 is 1.04 bits per heavy atom. The standard InChI is InChI=1S/C28H34N10O10S2/c1-37(11-13-39)25-31-23(33-27(35-25)47-3)29-19-9-7-17(21(15-19)49(41,42)43)5-6-18-8-10-20(16-22(18)50(44,45)46)30-24-32-26(38(2)12-14-40)36-28(34-24)48-4/h5-10,15-16,39-40H,11-14H2,1-4H3,(H,41,42,43)(H,44,45,46)(H,29,31,33,35)(H,30,32,34,36)/b6-5+. The van der Waals surface area contributed by atoms with Crippen molar-refractivity contribution in [1.29, 1.82) is 0 Å². The van der Waals surface area contributed by atoms with Crippen molar-refractivity contribution in [3.05, 3.63) is 47.5 Å². The highest BCUT2D eigenvalue weighted by atomic mass is 32.2. The molecule has 0 bridgehead atoms. The molecular weight excluding hydrogens is 701 g/mol. The molecule has 22 heteroatoms. The van der Waals surface area contributed by atoms with E-state index in [-0.39, 0.29) is 84.6 Å². The van der Waals surface area contributed by atoms with Crippen molar-refractivity contribution in [3.63, 3.8) is 0 Å². The average Bonchev–Trinajstić information content (AvgIpc) is 3.07. The van der Waals surface area contributed by atoms with E-state index in [1.807, 2.05) is 0 Å². The Bertz CT molecular complexity index is 1940. The predicted octanol–water partition coefficient (Wildman–Crippen LogP) is 1.08. The fraction of sp³-hybridized carbons (Fsp3) is 0.286. The van der Waals surface area contributed by atoms with Crippen LogP contribution in [0, 0.1) is 0 Å². The zero-order valence-corrected chi connectivity index (χ0v) is 28.7. The summed E-state index contributed by atoms with van der Waals surface area (Å²) in [5.41, 5.74) is 0.229. The van der Waals surface area contributed by atoms with E-state index in [4.69, 9.17) is 9.47 Å². The number of rotatable bonds is 16. The second-order valence-corrected chi connectivity index (χ2v) is 13.0. The fourth-order valence-corrected chi connectivity index (χ4v) is 5.63. The van der Waals surface area contributed by atoms with Gasteiger partial charge in [0.2, 0.25) is 23.8 Å². The molecule has 268 valence electrons. The highest BCUT2D eigenvalue weighted by Crippen LogP contribution is 2.28. The molecule has 0 saturated heterocycles. The first-order chi connectivity index (χ1) is 23.6. The first-order valence-electron chi connectivity index (χ1n) is 14.3. The third-order valence-electron chi connectivity index (χ3n) is 6.66. The fourth-order valence-electron chi connectivity index (χ4n) is 4.21. The van der Waals surface area contributed by atoms with Gasteiger partial charge in [-0.2, -0.15) is 46.7 Å². The number of hydrogen-bond donors (Lipinski definition) is 6. The van der Waals surface area contributed by atoms with Gasteiger partial charge in [0.1, 0.15) is 9.79 Å². The van der Waals surface area contributed by atoms with Crippen molar-refractivity contribution in [2.24, 2.45) is 0 Å². The minimum Gasteiger partial charge on any atom is -0.467 e. The molecule has 0 atom stereocenters. The molecule has 2 heterocycles. The molecule has 0 radical (unpaired) electrons. The first kappa shape index (κ1) is 37.6. The summed E-state index contributed by atoms with van der Waals surface area (Å²) < 4.78 is 79.9. The zero-order valence-electron chi connectivity index (χ0n) is 27.1. The maximum Gasteiger partial charge on any atom is 0.322 e. The Hall–Kier alpha value is -5.26. The van der Waals surface area contributed by atoms with E-state index in [1.54, 1.807) is 14.1 Å². The van der Waals surface area contributed by atoms with Crippen LogP contribution in [-0.4, -0.2) is 121 Å². The number of aliphatic hydroxyl groups is 2. The molecule has 6 N–H and O–H groups in total. The summed E-state index contributed by atoms with van der Waals surface area (Å²) in [7, 11) is -3.70. The normalized spacial score (nSPS) is 11.8. The molecule has 0 aliphatic heterocycles. The van der Waals surface area contributed by atoms with E-state index in [0.29, 0.717) is 0 Å². The lowest BCUT2D eigenvalue weighted by Gasteiger charge is -2.17. The van der Waals surface area contributed by atoms with Gasteiger partial charge in [-0.3, -0.25) is 9.11 Å². The van der Waals surface area contributed by atoms with E-state index in [9.17, 15) is 36.2 Å². The highest BCUT2D eigenvalue weighted by Gasteiger charge is 2.19. The molecule has 0 aliphatic rings. The van der Waals surface area contributed by atoms with Crippen LogP contribution in [0.15, 0.2) is 46.2 Å². The van der Waals surface area contributed by atoms with Crippen LogP contribution in [0.3, 0.4) is 0 Å². The average molecular weight is 735 g/mol. The number of benzene rings is 2. The van der Waals surface area contributed by atoms with Gasteiger partial charge < -0.3 is 40.1 Å². The largest absolute Gasteiger partial charge is 0.467 e. The SMILES string of the molecule is COc1nc(Nc2ccc(/C=C/c3ccc(Nc4nc(OC)nc(N(C)CCO)n4)cc3S(=O)(=O)O)c(S(=O)(=O)O)c2)nc(N(C)CCO)n1. The first-order valence-corrected chi connectivity index (χ1v) is 17.2. The van der Waals surface area contributed by atoms with Crippen molar-refractivity contribution in [1.82, 2.24) is 29.9 Å². The predicted molar refractivity (Wildman–Crippen MR) is 181 cm³/mol. The molecule has 2 aromatic heterocycles. The number of aromatic nitrogens is 6. The van der Waals surface area contributed by atoms with Crippen LogP contribution >= 0.6 is 0 Å². The number of anilines is 6. The molecule has 4 aromatic rings. The van der Waals surface area contributed by atoms with Crippen LogP contribution in [0.25, 0.3) is 12.2 Å². The quantitative estimate of drug-likeness (QED) is 0.0694. The molecule has 0 fully saturated rings. The van der Waals surface area contributed by atoms with Crippen molar-refractivity contribution < 1.29 is 45.6 Å². The van der Waals surface area contributed by atoms with Gasteiger partial charge in [0, 0.05) is 38.6 Å². The summed E-state index contributed by atoms with van der Waals surface area (Å²) in [5, 5.41) is 24.1. The van der Waals surface area contributed by atoms with E-state index < -0.39 is 30.0 Å². The van der Waals surface area contributed by atoms with Gasteiger partial charge >= 0.3 is 12.0 Å². The Morgan fingerprint density at radius 3 is 1.36 bits per heavy atom. The molecule has 20 nitrogen and oxygen atoms in total. The van der Waals surface area contributed by atoms with E-state index in [1.165, 1.54) is 60.4 Å². The summed E-state index contributed by atoms with van der Waals surface area (Å²) in [6, 6.07) is 7.67. The second kappa shape index (κ2) is 16.0. The lowest BCUT2D eigenvalue weighted by atomic mass is 10.1. The number of likely N-dealkylation sites (N-methyl/N-ethyl adjacent to an activating group) is 2. The number of methoxy groups -OCH3 is 2. The van der Waals surface area contributed by atoms with Gasteiger partial charge in [0.05, 0.1) is 27.4 Å². The van der Waals surface area contributed by atoms with Crippen molar-refractivity contribution in [3.8, 4) is 12.0 Å². The van der Waals surface area contributed by atoms with E-state index in [2.05, 4.69) is 40.5 Å². The molecule has 0 saturated carbocycles. The summed E-state index contributed by atoms with van der Waals surface area (Å²) in [6.07, 6.45) is 2.47. The second-order valence-electron chi connectivity index (χ2n) is 10.2. The summed E-state index contributed by atoms with van der Waals surface area (Å²) in [5.74, 6) is 0.248. The van der Waals surface area contributed by atoms with Gasteiger partial charge in [-0.25, -0.2) is 0 Å². The molecule has 0 amide bonds. The highest BCUT2D eigenvalue weighted by molar-refractivity contribution is 7.86. The van der Waals surface area contributed by atoms with Gasteiger partial charge in [-0.1, -0.05) is 24.3 Å². The van der Waals surface area contributed by atoms with Gasteiger partial charge in [-0.15, -0.1) is 0 Å². The summed E-state index contributed by atoms with van der Waals surface area (Å²) in [6.45, 7) is 0.0688. The van der Waals surface area contributed by atoms with Gasteiger partial charge in [-0.05, 0) is 35.4 Å². The molecular formula is C28H34N10O10S2. The summed E-state index contributed by atoms with van der Waals surface area (Å²) in [4.78, 5) is 26.9. The van der Waals surface area contributed by atoms with Gasteiger partial charge in [0.25, 0.3) is 20.2 Å². The van der Waals surface area contributed by atoms with Crippen LogP contribution in [-0.2, 0) is 20.2 Å². The molecule has 4 rings (SSSR count). The maximum atomic E-state index is 12.4. The van der Waals surface area contributed by atoms with Crippen LogP contribution in [0.4, 0.5) is 35.2 Å². The molecule has 0 spiro atoms. The summed E-state index contributed by atoms with van der Waals surface area (Å²) >= 11 is 0. The van der Waals surface area contributed by atoms with Gasteiger partial charge in [0.15, 0.2) is 0 Å². The molecule has 50 heavy (non-hydrogen) atoms. The number of nitrogens with one attached hydrogen (secondary N) is 2. The topological polar surface area (TPSA) is 276 Å².